The number of methoxy groups -OCH3 is 2. The summed E-state index contributed by atoms with van der Waals surface area (Å²) in [5, 5.41) is 11.3. The lowest BCUT2D eigenvalue weighted by molar-refractivity contribution is 0.0798. The lowest BCUT2D eigenvalue weighted by Crippen LogP contribution is -2.24. The molecular formula is C17H17BrO3. The van der Waals surface area contributed by atoms with Crippen LogP contribution < -0.4 is 9.47 Å². The van der Waals surface area contributed by atoms with Gasteiger partial charge in [0.05, 0.1) is 14.2 Å². The molecule has 0 amide bonds. The highest BCUT2D eigenvalue weighted by atomic mass is 79.9. The second-order valence-electron chi connectivity index (χ2n) is 5.18. The number of hydrogen-bond donors (Lipinski definition) is 1. The summed E-state index contributed by atoms with van der Waals surface area (Å²) in [4.78, 5) is 0. The number of aliphatic hydroxyl groups is 1. The van der Waals surface area contributed by atoms with Gasteiger partial charge in [-0.05, 0) is 52.0 Å². The third kappa shape index (κ3) is 2.14. The fraction of sp³-hybridized carbons (Fsp3) is 0.294. The maximum absolute atomic E-state index is 11.3. The lowest BCUT2D eigenvalue weighted by atomic mass is 9.87. The van der Waals surface area contributed by atoms with Crippen molar-refractivity contribution >= 4 is 15.9 Å². The minimum absolute atomic E-state index is 0.619. The molecule has 21 heavy (non-hydrogen) atoms. The van der Waals surface area contributed by atoms with Crippen molar-refractivity contribution in [1.29, 1.82) is 0 Å². The molecule has 2 aromatic carbocycles. The summed E-state index contributed by atoms with van der Waals surface area (Å²) in [6.07, 6.45) is 1.51. The number of ether oxygens (including phenoxy) is 2. The Hall–Kier alpha value is -1.52. The predicted molar refractivity (Wildman–Crippen MR) is 85.0 cm³/mol. The smallest absolute Gasteiger partial charge is 0.143 e. The van der Waals surface area contributed by atoms with E-state index in [1.807, 2.05) is 30.3 Å². The second kappa shape index (κ2) is 5.35. The van der Waals surface area contributed by atoms with Gasteiger partial charge < -0.3 is 14.6 Å². The summed E-state index contributed by atoms with van der Waals surface area (Å²) < 4.78 is 11.5. The number of hydrogen-bond acceptors (Lipinski definition) is 3. The van der Waals surface area contributed by atoms with E-state index >= 15 is 0 Å². The van der Waals surface area contributed by atoms with Crippen molar-refractivity contribution in [2.75, 3.05) is 14.2 Å². The first kappa shape index (κ1) is 14.4. The van der Waals surface area contributed by atoms with Gasteiger partial charge in [-0.25, -0.2) is 0 Å². The third-order valence-electron chi connectivity index (χ3n) is 4.15. The average molecular weight is 349 g/mol. The van der Waals surface area contributed by atoms with Crippen molar-refractivity contribution in [3.8, 4) is 11.5 Å². The first-order valence-corrected chi connectivity index (χ1v) is 7.63. The van der Waals surface area contributed by atoms with Gasteiger partial charge in [0.15, 0.2) is 0 Å². The van der Waals surface area contributed by atoms with Crippen LogP contribution in [0, 0.1) is 0 Å². The molecule has 0 saturated carbocycles. The maximum Gasteiger partial charge on any atom is 0.143 e. The van der Waals surface area contributed by atoms with E-state index in [0.29, 0.717) is 17.9 Å². The molecule has 1 N–H and O–H groups in total. The van der Waals surface area contributed by atoms with Crippen LogP contribution in [0.4, 0.5) is 0 Å². The molecule has 1 atom stereocenters. The van der Waals surface area contributed by atoms with Gasteiger partial charge >= 0.3 is 0 Å². The van der Waals surface area contributed by atoms with Crippen LogP contribution in [0.2, 0.25) is 0 Å². The van der Waals surface area contributed by atoms with Gasteiger partial charge in [-0.15, -0.1) is 0 Å². The Bertz CT molecular complexity index is 684. The van der Waals surface area contributed by atoms with Gasteiger partial charge in [0.2, 0.25) is 0 Å². The molecule has 0 aliphatic heterocycles. The Balaban J connectivity index is 2.20. The highest BCUT2D eigenvalue weighted by molar-refractivity contribution is 9.10. The third-order valence-corrected chi connectivity index (χ3v) is 4.90. The quantitative estimate of drug-likeness (QED) is 0.919. The van der Waals surface area contributed by atoms with Crippen molar-refractivity contribution in [2.45, 2.75) is 18.4 Å². The molecule has 1 unspecified atom stereocenters. The number of halogens is 1. The molecule has 0 heterocycles. The predicted octanol–water partition coefficient (Wildman–Crippen LogP) is 3.65. The molecule has 0 aromatic heterocycles. The molecule has 0 bridgehead atoms. The fourth-order valence-electron chi connectivity index (χ4n) is 3.09. The van der Waals surface area contributed by atoms with E-state index in [9.17, 15) is 5.11 Å². The largest absolute Gasteiger partial charge is 0.495 e. The Morgan fingerprint density at radius 2 is 1.81 bits per heavy atom. The topological polar surface area (TPSA) is 38.7 Å². The van der Waals surface area contributed by atoms with Crippen LogP contribution in [-0.4, -0.2) is 19.3 Å². The molecule has 0 radical (unpaired) electrons. The van der Waals surface area contributed by atoms with E-state index in [1.54, 1.807) is 14.2 Å². The minimum Gasteiger partial charge on any atom is -0.495 e. The van der Waals surface area contributed by atoms with Crippen molar-refractivity contribution in [1.82, 2.24) is 0 Å². The number of benzene rings is 2. The van der Waals surface area contributed by atoms with Gasteiger partial charge in [-0.2, -0.15) is 0 Å². The average Bonchev–Trinajstić information content (AvgIpc) is 2.86. The molecule has 110 valence electrons. The van der Waals surface area contributed by atoms with Gasteiger partial charge in [0.25, 0.3) is 0 Å². The fourth-order valence-corrected chi connectivity index (χ4v) is 3.76. The molecule has 2 aromatic rings. The monoisotopic (exact) mass is 348 g/mol. The summed E-state index contributed by atoms with van der Waals surface area (Å²) in [7, 11) is 3.21. The van der Waals surface area contributed by atoms with Crippen LogP contribution in [0.5, 0.6) is 11.5 Å². The van der Waals surface area contributed by atoms with Crippen molar-refractivity contribution in [2.24, 2.45) is 0 Å². The molecule has 4 heteroatoms. The van der Waals surface area contributed by atoms with Crippen molar-refractivity contribution in [3.63, 3.8) is 0 Å². The van der Waals surface area contributed by atoms with E-state index in [-0.39, 0.29) is 0 Å². The molecule has 0 saturated heterocycles. The van der Waals surface area contributed by atoms with E-state index in [1.165, 1.54) is 5.56 Å². The van der Waals surface area contributed by atoms with E-state index in [2.05, 4.69) is 22.0 Å². The van der Waals surface area contributed by atoms with Gasteiger partial charge in [-0.1, -0.05) is 24.3 Å². The summed E-state index contributed by atoms with van der Waals surface area (Å²) >= 11 is 3.50. The summed E-state index contributed by atoms with van der Waals surface area (Å²) in [5.74, 6) is 1.30. The zero-order valence-corrected chi connectivity index (χ0v) is 13.6. The molecule has 3 nitrogen and oxygen atoms in total. The highest BCUT2D eigenvalue weighted by Gasteiger charge is 2.40. The Kier molecular flexibility index (Phi) is 3.68. The first-order chi connectivity index (χ1) is 10.1. The van der Waals surface area contributed by atoms with Gasteiger partial charge in [-0.3, -0.25) is 0 Å². The van der Waals surface area contributed by atoms with Crippen LogP contribution in [-0.2, 0) is 12.0 Å². The number of aryl methyl sites for hydroxylation is 1. The van der Waals surface area contributed by atoms with Crippen molar-refractivity contribution in [3.05, 3.63) is 57.6 Å². The van der Waals surface area contributed by atoms with Crippen LogP contribution >= 0.6 is 15.9 Å². The van der Waals surface area contributed by atoms with E-state index in [0.717, 1.165) is 22.0 Å². The Labute approximate surface area is 132 Å². The van der Waals surface area contributed by atoms with Crippen LogP contribution in [0.15, 0.2) is 40.9 Å². The SMILES string of the molecule is COc1ccc(C2(O)CCc3ccccc32)c(OC)c1Br. The Morgan fingerprint density at radius 3 is 2.52 bits per heavy atom. The molecule has 0 spiro atoms. The van der Waals surface area contributed by atoms with Crippen molar-refractivity contribution < 1.29 is 14.6 Å². The maximum atomic E-state index is 11.3. The number of rotatable bonds is 3. The molecule has 1 aliphatic carbocycles. The summed E-state index contributed by atoms with van der Waals surface area (Å²) in [5.41, 5.74) is 1.90. The standard InChI is InChI=1S/C17H17BrO3/c1-20-14-8-7-13(16(21-2)15(14)18)17(19)10-9-11-5-3-4-6-12(11)17/h3-8,19H,9-10H2,1-2H3. The normalized spacial score (nSPS) is 20.2. The molecule has 1 aliphatic rings. The summed E-state index contributed by atoms with van der Waals surface area (Å²) in [6.45, 7) is 0. The molecule has 0 fully saturated rings. The zero-order chi connectivity index (χ0) is 15.0. The second-order valence-corrected chi connectivity index (χ2v) is 5.97. The van der Waals surface area contributed by atoms with E-state index in [4.69, 9.17) is 9.47 Å². The first-order valence-electron chi connectivity index (χ1n) is 6.83. The highest BCUT2D eigenvalue weighted by Crippen LogP contribution is 2.48. The van der Waals surface area contributed by atoms with Crippen LogP contribution in [0.25, 0.3) is 0 Å². The van der Waals surface area contributed by atoms with E-state index < -0.39 is 5.60 Å². The Morgan fingerprint density at radius 1 is 1.05 bits per heavy atom. The molecular weight excluding hydrogens is 332 g/mol. The zero-order valence-electron chi connectivity index (χ0n) is 12.0. The van der Waals surface area contributed by atoms with Crippen LogP contribution in [0.3, 0.4) is 0 Å². The summed E-state index contributed by atoms with van der Waals surface area (Å²) in [6, 6.07) is 11.7. The van der Waals surface area contributed by atoms with Gasteiger partial charge in [0.1, 0.15) is 21.6 Å². The minimum atomic E-state index is -1.02. The molecule has 3 rings (SSSR count). The van der Waals surface area contributed by atoms with Gasteiger partial charge in [0, 0.05) is 5.56 Å². The lowest BCUT2D eigenvalue weighted by Gasteiger charge is -2.27. The number of fused-ring (bicyclic) bond motifs is 1. The van der Waals surface area contributed by atoms with Crippen LogP contribution in [0.1, 0.15) is 23.1 Å².